The van der Waals surface area contributed by atoms with Crippen LogP contribution in [0.15, 0.2) is 18.2 Å². The Kier molecular flexibility index (Phi) is 3.06. The zero-order valence-electron chi connectivity index (χ0n) is 9.04. The number of hydrogen-bond acceptors (Lipinski definition) is 1. The van der Waals surface area contributed by atoms with Crippen LogP contribution in [0.4, 0.5) is 4.39 Å². The first-order valence-electron chi connectivity index (χ1n) is 5.62. The maximum absolute atomic E-state index is 13.5. The van der Waals surface area contributed by atoms with Gasteiger partial charge in [0.2, 0.25) is 0 Å². The number of hydrogen-bond donors (Lipinski definition) is 1. The summed E-state index contributed by atoms with van der Waals surface area (Å²) in [6, 6.07) is 4.95. The molecule has 15 heavy (non-hydrogen) atoms. The van der Waals surface area contributed by atoms with E-state index in [1.807, 2.05) is 6.92 Å². The number of aryl methyl sites for hydroxylation is 1. The Morgan fingerprint density at radius 2 is 2.00 bits per heavy atom. The molecule has 1 aliphatic carbocycles. The smallest absolute Gasteiger partial charge is 0.129 e. The third kappa shape index (κ3) is 2.20. The zero-order chi connectivity index (χ0) is 10.8. The van der Waals surface area contributed by atoms with Crippen LogP contribution in [0.1, 0.15) is 42.9 Å². The summed E-state index contributed by atoms with van der Waals surface area (Å²) in [7, 11) is 0. The van der Waals surface area contributed by atoms with Crippen molar-refractivity contribution in [1.29, 1.82) is 0 Å². The molecule has 82 valence electrons. The van der Waals surface area contributed by atoms with Gasteiger partial charge in [0.1, 0.15) is 5.82 Å². The van der Waals surface area contributed by atoms with Crippen LogP contribution in [0, 0.1) is 18.7 Å². The van der Waals surface area contributed by atoms with Gasteiger partial charge in [-0.2, -0.15) is 0 Å². The fourth-order valence-corrected chi connectivity index (χ4v) is 2.42. The molecule has 0 aromatic heterocycles. The Balaban J connectivity index is 2.23. The molecule has 0 radical (unpaired) electrons. The highest BCUT2D eigenvalue weighted by atomic mass is 19.1. The normalized spacial score (nSPS) is 19.4. The average Bonchev–Trinajstić information content (AvgIpc) is 2.74. The SMILES string of the molecule is Cc1ccc(F)c(C(O)C2CCCC2)c1. The van der Waals surface area contributed by atoms with E-state index in [-0.39, 0.29) is 11.7 Å². The van der Waals surface area contributed by atoms with E-state index in [1.165, 1.54) is 6.07 Å². The Hall–Kier alpha value is -0.890. The molecule has 0 bridgehead atoms. The Morgan fingerprint density at radius 3 is 2.67 bits per heavy atom. The van der Waals surface area contributed by atoms with Crippen LogP contribution >= 0.6 is 0 Å². The van der Waals surface area contributed by atoms with Crippen molar-refractivity contribution in [2.24, 2.45) is 5.92 Å². The van der Waals surface area contributed by atoms with Crippen molar-refractivity contribution in [2.75, 3.05) is 0 Å². The summed E-state index contributed by atoms with van der Waals surface area (Å²) >= 11 is 0. The monoisotopic (exact) mass is 208 g/mol. The molecule has 0 heterocycles. The van der Waals surface area contributed by atoms with Gasteiger partial charge in [-0.1, -0.05) is 30.5 Å². The van der Waals surface area contributed by atoms with Gasteiger partial charge in [-0.25, -0.2) is 4.39 Å². The summed E-state index contributed by atoms with van der Waals surface area (Å²) in [5.74, 6) is -0.0266. The highest BCUT2D eigenvalue weighted by Crippen LogP contribution is 2.36. The number of benzene rings is 1. The summed E-state index contributed by atoms with van der Waals surface area (Å²) in [5.41, 5.74) is 1.48. The molecule has 1 unspecified atom stereocenters. The summed E-state index contributed by atoms with van der Waals surface area (Å²) in [4.78, 5) is 0. The highest BCUT2D eigenvalue weighted by Gasteiger charge is 2.26. The fraction of sp³-hybridized carbons (Fsp3) is 0.538. The number of aliphatic hydroxyl groups is 1. The summed E-state index contributed by atoms with van der Waals surface area (Å²) < 4.78 is 13.5. The first-order chi connectivity index (χ1) is 7.18. The quantitative estimate of drug-likeness (QED) is 0.790. The molecule has 1 fully saturated rings. The Morgan fingerprint density at radius 1 is 1.33 bits per heavy atom. The van der Waals surface area contributed by atoms with Crippen molar-refractivity contribution in [3.05, 3.63) is 35.1 Å². The van der Waals surface area contributed by atoms with Crippen molar-refractivity contribution in [1.82, 2.24) is 0 Å². The second-order valence-electron chi connectivity index (χ2n) is 4.51. The molecular weight excluding hydrogens is 191 g/mol. The molecule has 0 saturated heterocycles. The van der Waals surface area contributed by atoms with E-state index in [2.05, 4.69) is 0 Å². The molecule has 1 N–H and O–H groups in total. The lowest BCUT2D eigenvalue weighted by atomic mass is 9.93. The number of halogens is 1. The minimum Gasteiger partial charge on any atom is -0.388 e. The second kappa shape index (κ2) is 4.31. The lowest BCUT2D eigenvalue weighted by Crippen LogP contribution is -2.10. The largest absolute Gasteiger partial charge is 0.388 e. The molecular formula is C13H17FO. The van der Waals surface area contributed by atoms with Crippen molar-refractivity contribution in [3.8, 4) is 0 Å². The minimum absolute atomic E-state index is 0.251. The van der Waals surface area contributed by atoms with Gasteiger partial charge in [0.15, 0.2) is 0 Å². The molecule has 1 saturated carbocycles. The topological polar surface area (TPSA) is 20.2 Å². The van der Waals surface area contributed by atoms with E-state index in [0.29, 0.717) is 5.56 Å². The van der Waals surface area contributed by atoms with Gasteiger partial charge in [0.05, 0.1) is 6.10 Å². The van der Waals surface area contributed by atoms with E-state index in [9.17, 15) is 9.50 Å². The van der Waals surface area contributed by atoms with Gasteiger partial charge in [0, 0.05) is 5.56 Å². The molecule has 2 rings (SSSR count). The number of aliphatic hydroxyl groups excluding tert-OH is 1. The van der Waals surface area contributed by atoms with Crippen molar-refractivity contribution >= 4 is 0 Å². The predicted octanol–water partition coefficient (Wildman–Crippen LogP) is 3.36. The molecule has 0 aliphatic heterocycles. The minimum atomic E-state index is -0.618. The van der Waals surface area contributed by atoms with Crippen LogP contribution in [0.2, 0.25) is 0 Å². The van der Waals surface area contributed by atoms with Gasteiger partial charge in [0.25, 0.3) is 0 Å². The summed E-state index contributed by atoms with van der Waals surface area (Å²) in [6.07, 6.45) is 3.75. The Labute approximate surface area is 89.9 Å². The van der Waals surface area contributed by atoms with Crippen LogP contribution in [0.5, 0.6) is 0 Å². The average molecular weight is 208 g/mol. The first kappa shape index (κ1) is 10.6. The maximum atomic E-state index is 13.5. The molecule has 1 aromatic carbocycles. The second-order valence-corrected chi connectivity index (χ2v) is 4.51. The third-order valence-corrected chi connectivity index (χ3v) is 3.32. The van der Waals surface area contributed by atoms with Crippen LogP contribution < -0.4 is 0 Å². The highest BCUT2D eigenvalue weighted by molar-refractivity contribution is 5.26. The van der Waals surface area contributed by atoms with Crippen LogP contribution in [0.25, 0.3) is 0 Å². The predicted molar refractivity (Wildman–Crippen MR) is 58.1 cm³/mol. The molecule has 1 aromatic rings. The van der Waals surface area contributed by atoms with Gasteiger partial charge in [-0.3, -0.25) is 0 Å². The van der Waals surface area contributed by atoms with Gasteiger partial charge >= 0.3 is 0 Å². The maximum Gasteiger partial charge on any atom is 0.129 e. The van der Waals surface area contributed by atoms with Crippen molar-refractivity contribution in [3.63, 3.8) is 0 Å². The van der Waals surface area contributed by atoms with Crippen LogP contribution in [-0.4, -0.2) is 5.11 Å². The van der Waals surface area contributed by atoms with Gasteiger partial charge in [-0.15, -0.1) is 0 Å². The number of rotatable bonds is 2. The zero-order valence-corrected chi connectivity index (χ0v) is 9.04. The van der Waals surface area contributed by atoms with Crippen LogP contribution in [-0.2, 0) is 0 Å². The van der Waals surface area contributed by atoms with Crippen molar-refractivity contribution in [2.45, 2.75) is 38.7 Å². The van der Waals surface area contributed by atoms with E-state index in [1.54, 1.807) is 12.1 Å². The van der Waals surface area contributed by atoms with Crippen molar-refractivity contribution < 1.29 is 9.50 Å². The molecule has 0 amide bonds. The van der Waals surface area contributed by atoms with Gasteiger partial charge < -0.3 is 5.11 Å². The first-order valence-corrected chi connectivity index (χ1v) is 5.62. The summed E-state index contributed by atoms with van der Waals surface area (Å²) in [6.45, 7) is 1.92. The molecule has 1 nitrogen and oxygen atoms in total. The molecule has 1 atom stereocenters. The lowest BCUT2D eigenvalue weighted by molar-refractivity contribution is 0.108. The lowest BCUT2D eigenvalue weighted by Gasteiger charge is -2.18. The molecule has 2 heteroatoms. The molecule has 0 spiro atoms. The van der Waals surface area contributed by atoms with E-state index >= 15 is 0 Å². The fourth-order valence-electron chi connectivity index (χ4n) is 2.42. The van der Waals surface area contributed by atoms with Gasteiger partial charge in [-0.05, 0) is 31.7 Å². The third-order valence-electron chi connectivity index (χ3n) is 3.32. The Bertz CT molecular complexity index is 342. The molecule has 1 aliphatic rings. The van der Waals surface area contributed by atoms with E-state index < -0.39 is 6.10 Å². The van der Waals surface area contributed by atoms with Crippen LogP contribution in [0.3, 0.4) is 0 Å². The van der Waals surface area contributed by atoms with E-state index in [0.717, 1.165) is 31.2 Å². The summed E-state index contributed by atoms with van der Waals surface area (Å²) in [5, 5.41) is 10.1. The standard InChI is InChI=1S/C13H17FO/c1-9-6-7-12(14)11(8-9)13(15)10-4-2-3-5-10/h6-8,10,13,15H,2-5H2,1H3. The van der Waals surface area contributed by atoms with E-state index in [4.69, 9.17) is 0 Å².